The molecule has 0 heterocycles. The van der Waals surface area contributed by atoms with Crippen molar-refractivity contribution in [2.45, 2.75) is 12.2 Å². The monoisotopic (exact) mass is 185 g/mol. The van der Waals surface area contributed by atoms with Crippen molar-refractivity contribution in [2.75, 3.05) is 20.6 Å². The Kier molecular flexibility index (Phi) is 3.62. The van der Waals surface area contributed by atoms with E-state index in [2.05, 4.69) is 0 Å². The third kappa shape index (κ3) is 4.09. The van der Waals surface area contributed by atoms with Gasteiger partial charge >= 0.3 is 0 Å². The lowest BCUT2D eigenvalue weighted by atomic mass is 10.4. The first-order chi connectivity index (χ1) is 4.34. The van der Waals surface area contributed by atoms with E-state index in [0.29, 0.717) is 6.54 Å². The Bertz CT molecular complexity index is 188. The summed E-state index contributed by atoms with van der Waals surface area (Å²) >= 11 is 0. The van der Waals surface area contributed by atoms with Gasteiger partial charge in [0.15, 0.2) is 0 Å². The molecule has 0 N–H and O–H groups in total. The maximum absolute atomic E-state index is 10.6. The zero-order valence-corrected chi connectivity index (χ0v) is 7.91. The summed E-state index contributed by atoms with van der Waals surface area (Å²) in [7, 11) is 5.31. The van der Waals surface area contributed by atoms with Crippen molar-refractivity contribution in [3.05, 3.63) is 0 Å². The minimum atomic E-state index is -3.37. The van der Waals surface area contributed by atoms with Gasteiger partial charge in [-0.1, -0.05) is 0 Å². The lowest BCUT2D eigenvalue weighted by Crippen LogP contribution is -2.27. The van der Waals surface area contributed by atoms with Crippen LogP contribution in [0.5, 0.6) is 0 Å². The summed E-state index contributed by atoms with van der Waals surface area (Å²) in [6.07, 6.45) is 0. The molecule has 0 rings (SSSR count). The summed E-state index contributed by atoms with van der Waals surface area (Å²) in [5.41, 5.74) is 0. The highest BCUT2D eigenvalue weighted by molar-refractivity contribution is 8.14. The second kappa shape index (κ2) is 3.55. The van der Waals surface area contributed by atoms with Crippen LogP contribution in [0.1, 0.15) is 6.92 Å². The predicted molar refractivity (Wildman–Crippen MR) is 42.8 cm³/mol. The van der Waals surface area contributed by atoms with Crippen molar-refractivity contribution in [3.63, 3.8) is 0 Å². The molecular weight excluding hydrogens is 174 g/mol. The van der Waals surface area contributed by atoms with Gasteiger partial charge in [0.2, 0.25) is 9.05 Å². The Morgan fingerprint density at radius 3 is 2.00 bits per heavy atom. The lowest BCUT2D eigenvalue weighted by molar-refractivity contribution is 0.407. The average molecular weight is 186 g/mol. The van der Waals surface area contributed by atoms with Crippen molar-refractivity contribution in [1.82, 2.24) is 4.90 Å². The summed E-state index contributed by atoms with van der Waals surface area (Å²) < 4.78 is 21.2. The van der Waals surface area contributed by atoms with E-state index in [-0.39, 0.29) is 0 Å². The van der Waals surface area contributed by atoms with Crippen LogP contribution in [0, 0.1) is 0 Å². The van der Waals surface area contributed by atoms with Gasteiger partial charge in [-0.3, -0.25) is 0 Å². The summed E-state index contributed by atoms with van der Waals surface area (Å²) in [5.74, 6) is 0. The molecular formula is C5H12ClNO2S. The van der Waals surface area contributed by atoms with Crippen LogP contribution in [0.25, 0.3) is 0 Å². The molecule has 1 unspecified atom stereocenters. The fourth-order valence-electron chi connectivity index (χ4n) is 0.603. The van der Waals surface area contributed by atoms with Gasteiger partial charge in [0.1, 0.15) is 0 Å². The molecule has 0 aliphatic carbocycles. The minimum absolute atomic E-state index is 0.464. The zero-order valence-electron chi connectivity index (χ0n) is 6.33. The number of rotatable bonds is 3. The molecule has 3 nitrogen and oxygen atoms in total. The summed E-state index contributed by atoms with van der Waals surface area (Å²) in [6.45, 7) is 2.05. The summed E-state index contributed by atoms with van der Waals surface area (Å²) in [5, 5.41) is -0.496. The fourth-order valence-corrected chi connectivity index (χ4v) is 1.25. The van der Waals surface area contributed by atoms with E-state index in [0.717, 1.165) is 0 Å². The molecule has 62 valence electrons. The van der Waals surface area contributed by atoms with Gasteiger partial charge in [-0.15, -0.1) is 0 Å². The molecule has 0 saturated carbocycles. The summed E-state index contributed by atoms with van der Waals surface area (Å²) in [4.78, 5) is 1.78. The number of hydrogen-bond donors (Lipinski definition) is 0. The Morgan fingerprint density at radius 2 is 1.90 bits per heavy atom. The molecule has 0 bridgehead atoms. The standard InChI is InChI=1S/C5H12ClNO2S/c1-5(4-7(2)3)10(6,8)9/h5H,4H2,1-3H3. The number of hydrogen-bond acceptors (Lipinski definition) is 3. The average Bonchev–Trinajstić information content (AvgIpc) is 1.60. The molecule has 0 aromatic rings. The highest BCUT2D eigenvalue weighted by Gasteiger charge is 2.17. The minimum Gasteiger partial charge on any atom is -0.308 e. The second-order valence-electron chi connectivity index (χ2n) is 2.55. The highest BCUT2D eigenvalue weighted by Crippen LogP contribution is 2.06. The fraction of sp³-hybridized carbons (Fsp3) is 1.00. The van der Waals surface area contributed by atoms with E-state index in [9.17, 15) is 8.42 Å². The van der Waals surface area contributed by atoms with Gasteiger partial charge < -0.3 is 4.90 Å². The van der Waals surface area contributed by atoms with Crippen LogP contribution in [-0.2, 0) is 9.05 Å². The Balaban J connectivity index is 3.99. The summed E-state index contributed by atoms with van der Waals surface area (Å²) in [6, 6.07) is 0. The van der Waals surface area contributed by atoms with Crippen molar-refractivity contribution in [3.8, 4) is 0 Å². The van der Waals surface area contributed by atoms with E-state index >= 15 is 0 Å². The predicted octanol–water partition coefficient (Wildman–Crippen LogP) is 0.505. The Labute approximate surface area is 66.4 Å². The second-order valence-corrected chi connectivity index (χ2v) is 5.59. The van der Waals surface area contributed by atoms with Gasteiger partial charge in [-0.05, 0) is 21.0 Å². The van der Waals surface area contributed by atoms with Crippen LogP contribution in [-0.4, -0.2) is 39.2 Å². The van der Waals surface area contributed by atoms with Gasteiger partial charge in [0.25, 0.3) is 0 Å². The maximum Gasteiger partial charge on any atom is 0.236 e. The molecule has 0 saturated heterocycles. The number of nitrogens with zero attached hydrogens (tertiary/aromatic N) is 1. The SMILES string of the molecule is CC(CN(C)C)S(=O)(=O)Cl. The van der Waals surface area contributed by atoms with Crippen LogP contribution < -0.4 is 0 Å². The Morgan fingerprint density at radius 1 is 1.50 bits per heavy atom. The van der Waals surface area contributed by atoms with Crippen LogP contribution in [0.2, 0.25) is 0 Å². The van der Waals surface area contributed by atoms with E-state index in [1.807, 2.05) is 0 Å². The van der Waals surface area contributed by atoms with E-state index < -0.39 is 14.3 Å². The first kappa shape index (κ1) is 10.2. The maximum atomic E-state index is 10.6. The van der Waals surface area contributed by atoms with Crippen LogP contribution >= 0.6 is 10.7 Å². The molecule has 0 aliphatic rings. The van der Waals surface area contributed by atoms with Gasteiger partial charge in [-0.25, -0.2) is 8.42 Å². The zero-order chi connectivity index (χ0) is 8.36. The number of halogens is 1. The quantitative estimate of drug-likeness (QED) is 0.602. The van der Waals surface area contributed by atoms with Gasteiger partial charge in [0, 0.05) is 17.2 Å². The lowest BCUT2D eigenvalue weighted by Gasteiger charge is -2.13. The molecule has 5 heteroatoms. The third-order valence-electron chi connectivity index (χ3n) is 1.10. The van der Waals surface area contributed by atoms with Crippen molar-refractivity contribution in [1.29, 1.82) is 0 Å². The molecule has 0 radical (unpaired) electrons. The first-order valence-corrected chi connectivity index (χ1v) is 5.29. The van der Waals surface area contributed by atoms with E-state index in [4.69, 9.17) is 10.7 Å². The van der Waals surface area contributed by atoms with Gasteiger partial charge in [-0.2, -0.15) is 0 Å². The Hall–Kier alpha value is 0.200. The van der Waals surface area contributed by atoms with Crippen LogP contribution in [0.4, 0.5) is 0 Å². The molecule has 0 aliphatic heterocycles. The molecule has 0 amide bonds. The molecule has 0 spiro atoms. The van der Waals surface area contributed by atoms with Crippen LogP contribution in [0.3, 0.4) is 0 Å². The molecule has 0 aromatic heterocycles. The molecule has 10 heavy (non-hydrogen) atoms. The third-order valence-corrected chi connectivity index (χ3v) is 3.13. The largest absolute Gasteiger partial charge is 0.308 e. The molecule has 1 atom stereocenters. The van der Waals surface area contributed by atoms with Crippen molar-refractivity contribution >= 4 is 19.7 Å². The van der Waals surface area contributed by atoms with Crippen LogP contribution in [0.15, 0.2) is 0 Å². The molecule has 0 aromatic carbocycles. The topological polar surface area (TPSA) is 37.4 Å². The normalized spacial score (nSPS) is 15.7. The van der Waals surface area contributed by atoms with Crippen molar-refractivity contribution < 1.29 is 8.42 Å². The smallest absolute Gasteiger partial charge is 0.236 e. The van der Waals surface area contributed by atoms with Gasteiger partial charge in [0.05, 0.1) is 5.25 Å². The molecule has 0 fully saturated rings. The first-order valence-electron chi connectivity index (χ1n) is 2.92. The highest BCUT2D eigenvalue weighted by atomic mass is 35.7. The van der Waals surface area contributed by atoms with Crippen molar-refractivity contribution in [2.24, 2.45) is 0 Å². The van der Waals surface area contributed by atoms with E-state index in [1.165, 1.54) is 0 Å². The van der Waals surface area contributed by atoms with E-state index in [1.54, 1.807) is 25.9 Å².